The van der Waals surface area contributed by atoms with Crippen LogP contribution in [0.25, 0.3) is 33.5 Å². The van der Waals surface area contributed by atoms with Crippen molar-refractivity contribution in [3.63, 3.8) is 0 Å². The number of quaternary nitrogens is 1. The predicted molar refractivity (Wildman–Crippen MR) is 178 cm³/mol. The molecule has 0 amide bonds. The summed E-state index contributed by atoms with van der Waals surface area (Å²) in [5.74, 6) is -1.27. The van der Waals surface area contributed by atoms with E-state index in [4.69, 9.17) is 9.72 Å². The van der Waals surface area contributed by atoms with Crippen LogP contribution in [0, 0.1) is 11.3 Å². The number of ether oxygens (including phenoxy) is 1. The zero-order chi connectivity index (χ0) is 32.6. The number of nitriles is 1. The first-order chi connectivity index (χ1) is 22.1. The van der Waals surface area contributed by atoms with Gasteiger partial charge in [0.25, 0.3) is 5.92 Å². The highest BCUT2D eigenvalue weighted by Gasteiger charge is 2.42. The molecule has 7 nitrogen and oxygen atoms in total. The van der Waals surface area contributed by atoms with E-state index in [-0.39, 0.29) is 11.5 Å². The number of alkyl halides is 2. The molecule has 0 radical (unpaired) electrons. The molecule has 46 heavy (non-hydrogen) atoms. The highest BCUT2D eigenvalue weighted by Crippen LogP contribution is 2.46. The molecule has 0 atom stereocenters. The highest BCUT2D eigenvalue weighted by atomic mass is 19.3. The Balaban J connectivity index is 1.34. The van der Waals surface area contributed by atoms with Gasteiger partial charge in [-0.1, -0.05) is 30.1 Å². The summed E-state index contributed by atoms with van der Waals surface area (Å²) in [5.41, 5.74) is 6.46. The second kappa shape index (κ2) is 12.2. The van der Waals surface area contributed by atoms with Crippen LogP contribution in [0.3, 0.4) is 0 Å². The van der Waals surface area contributed by atoms with Crippen molar-refractivity contribution >= 4 is 16.9 Å². The molecule has 2 aromatic carbocycles. The lowest BCUT2D eigenvalue weighted by molar-refractivity contribution is -0.649. The van der Waals surface area contributed by atoms with Crippen molar-refractivity contribution in [2.45, 2.75) is 44.4 Å². The molecule has 0 aliphatic carbocycles. The number of nitrogens with one attached hydrogen (secondary N) is 2. The van der Waals surface area contributed by atoms with Crippen molar-refractivity contribution in [3.05, 3.63) is 96.0 Å². The van der Waals surface area contributed by atoms with Crippen LogP contribution >= 0.6 is 0 Å². The van der Waals surface area contributed by atoms with Gasteiger partial charge in [-0.2, -0.15) is 5.26 Å². The normalized spacial score (nSPS) is 18.4. The smallest absolute Gasteiger partial charge is 0.313 e. The van der Waals surface area contributed by atoms with Crippen LogP contribution in [0.5, 0.6) is 5.75 Å². The van der Waals surface area contributed by atoms with E-state index in [0.29, 0.717) is 39.0 Å². The van der Waals surface area contributed by atoms with E-state index in [0.717, 1.165) is 59.7 Å². The van der Waals surface area contributed by atoms with E-state index in [2.05, 4.69) is 35.7 Å². The Hall–Kier alpha value is -4.81. The molecule has 2 N–H and O–H groups in total. The summed E-state index contributed by atoms with van der Waals surface area (Å²) in [6, 6.07) is 19.2. The number of nitrogens with zero attached hydrogens (tertiary/aromatic N) is 4. The van der Waals surface area contributed by atoms with Gasteiger partial charge in [-0.3, -0.25) is 9.47 Å². The second-order valence-electron chi connectivity index (χ2n) is 12.5. The molecule has 1 aliphatic rings. The third kappa shape index (κ3) is 5.47. The first-order valence-electron chi connectivity index (χ1n) is 15.7. The van der Waals surface area contributed by atoms with E-state index in [1.165, 1.54) is 6.08 Å². The van der Waals surface area contributed by atoms with Gasteiger partial charge in [-0.05, 0) is 53.9 Å². The lowest BCUT2D eigenvalue weighted by Crippen LogP contribution is -2.51. The van der Waals surface area contributed by atoms with Gasteiger partial charge in [0.2, 0.25) is 12.0 Å². The Labute approximate surface area is 268 Å². The lowest BCUT2D eigenvalue weighted by atomic mass is 9.87. The fourth-order valence-electron chi connectivity index (χ4n) is 7.04. The molecule has 1 fully saturated rings. The van der Waals surface area contributed by atoms with Crippen molar-refractivity contribution in [2.75, 3.05) is 27.2 Å². The summed E-state index contributed by atoms with van der Waals surface area (Å²) in [6.45, 7) is 7.21. The van der Waals surface area contributed by atoms with Gasteiger partial charge in [0, 0.05) is 42.5 Å². The molecule has 1 aliphatic heterocycles. The number of methoxy groups -OCH3 is 1. The summed E-state index contributed by atoms with van der Waals surface area (Å²) < 4.78 is 39.6. The molecule has 4 heterocycles. The summed E-state index contributed by atoms with van der Waals surface area (Å²) in [5, 5.41) is 10.3. The van der Waals surface area contributed by atoms with Crippen LogP contribution in [-0.4, -0.2) is 42.2 Å². The largest absolute Gasteiger partial charge is 0.497 e. The fourth-order valence-corrected chi connectivity index (χ4v) is 7.04. The van der Waals surface area contributed by atoms with E-state index >= 15 is 8.78 Å². The molecule has 3 aromatic heterocycles. The number of hydrogen-bond acceptors (Lipinski definition) is 3. The number of piperidine rings is 1. The molecular weight excluding hydrogens is 582 g/mol. The van der Waals surface area contributed by atoms with Gasteiger partial charge in [-0.25, -0.2) is 13.3 Å². The summed E-state index contributed by atoms with van der Waals surface area (Å²) >= 11 is 0. The maximum absolute atomic E-state index is 15.8. The third-order valence-electron chi connectivity index (χ3n) is 9.57. The van der Waals surface area contributed by atoms with Crippen LogP contribution in [0.15, 0.2) is 73.6 Å². The Morgan fingerprint density at radius 1 is 1.11 bits per heavy atom. The van der Waals surface area contributed by atoms with Gasteiger partial charge >= 0.3 is 5.82 Å². The molecule has 0 saturated carbocycles. The standard InChI is InChI=1S/C37H39F2N6O/c1-6-18-37(38,39)32-29(7-2)33(43-34(32)26-12-14-28(46-5)15-13-26)27-16-19-45(4,20-17-27)36-30-21-31(42-35(30)44(3)23-41-36)25-10-8-24(22-40)9-11-25/h6,8-15,21,23,27,43H,1,7,16-20H2,2-5H3/q+1/p+1. The van der Waals surface area contributed by atoms with Crippen LogP contribution in [-0.2, 0) is 19.4 Å². The van der Waals surface area contributed by atoms with Crippen molar-refractivity contribution in [3.8, 4) is 34.3 Å². The Kier molecular flexibility index (Phi) is 8.26. The van der Waals surface area contributed by atoms with Crippen LogP contribution in [0.4, 0.5) is 14.6 Å². The van der Waals surface area contributed by atoms with Gasteiger partial charge in [0.1, 0.15) is 11.4 Å². The van der Waals surface area contributed by atoms with E-state index in [1.807, 2.05) is 73.4 Å². The minimum absolute atomic E-state index is 0.0829. The minimum Gasteiger partial charge on any atom is -0.497 e. The van der Waals surface area contributed by atoms with Crippen molar-refractivity contribution in [1.82, 2.24) is 19.4 Å². The van der Waals surface area contributed by atoms with Crippen LogP contribution in [0.1, 0.15) is 54.5 Å². The number of aryl methyl sites for hydroxylation is 1. The second-order valence-corrected chi connectivity index (χ2v) is 12.5. The van der Waals surface area contributed by atoms with Gasteiger partial charge in [0.15, 0.2) is 5.39 Å². The number of H-pyrrole nitrogens is 2. The quantitative estimate of drug-likeness (QED) is 0.101. The van der Waals surface area contributed by atoms with Crippen molar-refractivity contribution < 1.29 is 18.1 Å². The van der Waals surface area contributed by atoms with Gasteiger partial charge < -0.3 is 9.72 Å². The number of aromatic amines is 2. The SMILES string of the molecule is C=CCC(F)(F)c1c(-c2ccc(OC)cc2)[nH]c(C2CC[N+](C)(c3nc[n+](C)c4[nH]c(-c5ccc(C#N)cc5)cc34)CC2)c1CC. The number of fused-ring (bicyclic) bond motifs is 1. The molecule has 1 saturated heterocycles. The molecular formula is C37H40F2N6O+2. The van der Waals surface area contributed by atoms with E-state index in [1.54, 1.807) is 7.11 Å². The summed E-state index contributed by atoms with van der Waals surface area (Å²) in [6.07, 6.45) is 4.89. The molecule has 0 bridgehead atoms. The molecule has 5 aromatic rings. The zero-order valence-electron chi connectivity index (χ0n) is 26.8. The van der Waals surface area contributed by atoms with Crippen LogP contribution < -0.4 is 13.8 Å². The lowest BCUT2D eigenvalue weighted by Gasteiger charge is -2.38. The average Bonchev–Trinajstić information content (AvgIpc) is 3.69. The molecule has 236 valence electrons. The van der Waals surface area contributed by atoms with Gasteiger partial charge in [0.05, 0.1) is 57.2 Å². The number of likely N-dealkylation sites (tertiary alicyclic amines) is 1. The highest BCUT2D eigenvalue weighted by molar-refractivity contribution is 5.89. The summed E-state index contributed by atoms with van der Waals surface area (Å²) in [7, 11) is 5.78. The number of hydrogen-bond donors (Lipinski definition) is 2. The van der Waals surface area contributed by atoms with Crippen molar-refractivity contribution in [2.24, 2.45) is 7.05 Å². The number of benzene rings is 2. The zero-order valence-corrected chi connectivity index (χ0v) is 26.8. The fraction of sp³-hybridized carbons (Fsp3) is 0.324. The summed E-state index contributed by atoms with van der Waals surface area (Å²) in [4.78, 5) is 12.0. The Morgan fingerprint density at radius 3 is 2.39 bits per heavy atom. The van der Waals surface area contributed by atoms with Crippen molar-refractivity contribution in [1.29, 1.82) is 5.26 Å². The first-order valence-corrected chi connectivity index (χ1v) is 15.7. The van der Waals surface area contributed by atoms with E-state index in [9.17, 15) is 5.26 Å². The Morgan fingerprint density at radius 2 is 1.78 bits per heavy atom. The number of aromatic nitrogens is 4. The third-order valence-corrected chi connectivity index (χ3v) is 9.57. The number of halogens is 2. The molecule has 6 rings (SSSR count). The predicted octanol–water partition coefficient (Wildman–Crippen LogP) is 7.67. The molecule has 9 heteroatoms. The average molecular weight is 623 g/mol. The molecule has 0 spiro atoms. The van der Waals surface area contributed by atoms with Gasteiger partial charge in [-0.15, -0.1) is 6.58 Å². The number of allylic oxidation sites excluding steroid dienone is 1. The first kappa shape index (κ1) is 31.2. The maximum atomic E-state index is 15.8. The maximum Gasteiger partial charge on any atom is 0.313 e. The minimum atomic E-state index is -3.05. The topological polar surface area (TPSA) is 81.4 Å². The van der Waals surface area contributed by atoms with Crippen LogP contribution in [0.2, 0.25) is 0 Å². The monoisotopic (exact) mass is 622 g/mol. The van der Waals surface area contributed by atoms with E-state index < -0.39 is 12.3 Å². The Bertz CT molecular complexity index is 1920. The number of rotatable bonds is 9. The molecule has 0 unspecified atom stereocenters.